The van der Waals surface area contributed by atoms with E-state index >= 15 is 0 Å². The molecule has 3 rings (SSSR count). The highest BCUT2D eigenvalue weighted by Gasteiger charge is 2.25. The first-order chi connectivity index (χ1) is 10.5. The minimum Gasteiger partial charge on any atom is -0.370 e. The Labute approximate surface area is 130 Å². The van der Waals surface area contributed by atoms with E-state index in [-0.39, 0.29) is 4.90 Å². The van der Waals surface area contributed by atoms with Gasteiger partial charge >= 0.3 is 0 Å². The SMILES string of the molecule is NCC1CCN(c2c(S(N)(=O)=O)ccc3ccccc23)CC1. The van der Waals surface area contributed by atoms with Gasteiger partial charge in [-0.1, -0.05) is 30.3 Å². The number of nitrogens with zero attached hydrogens (tertiary/aromatic N) is 1. The highest BCUT2D eigenvalue weighted by Crippen LogP contribution is 2.35. The molecule has 0 atom stereocenters. The average molecular weight is 319 g/mol. The topological polar surface area (TPSA) is 89.4 Å². The van der Waals surface area contributed by atoms with Gasteiger partial charge in [0.05, 0.1) is 5.69 Å². The molecule has 0 spiro atoms. The summed E-state index contributed by atoms with van der Waals surface area (Å²) in [6.07, 6.45) is 1.95. The normalized spacial score (nSPS) is 17.1. The molecule has 118 valence electrons. The zero-order valence-electron chi connectivity index (χ0n) is 12.4. The largest absolute Gasteiger partial charge is 0.370 e. The summed E-state index contributed by atoms with van der Waals surface area (Å²) in [4.78, 5) is 2.34. The number of primary sulfonamides is 1. The molecular weight excluding hydrogens is 298 g/mol. The van der Waals surface area contributed by atoms with E-state index in [1.165, 1.54) is 0 Å². The molecule has 4 N–H and O–H groups in total. The van der Waals surface area contributed by atoms with Gasteiger partial charge in [0.25, 0.3) is 0 Å². The number of piperidine rings is 1. The number of nitrogens with two attached hydrogens (primary N) is 2. The Bertz CT molecular complexity index is 781. The van der Waals surface area contributed by atoms with E-state index in [0.29, 0.717) is 12.5 Å². The van der Waals surface area contributed by atoms with Crippen LogP contribution in [-0.2, 0) is 10.0 Å². The van der Waals surface area contributed by atoms with Crippen molar-refractivity contribution in [2.75, 3.05) is 24.5 Å². The van der Waals surface area contributed by atoms with Gasteiger partial charge in [-0.05, 0) is 36.8 Å². The number of sulfonamides is 1. The first-order valence-electron chi connectivity index (χ1n) is 7.50. The summed E-state index contributed by atoms with van der Waals surface area (Å²) in [5, 5.41) is 7.38. The van der Waals surface area contributed by atoms with Gasteiger partial charge in [0.2, 0.25) is 10.0 Å². The lowest BCUT2D eigenvalue weighted by atomic mass is 9.96. The number of anilines is 1. The van der Waals surface area contributed by atoms with Gasteiger partial charge < -0.3 is 10.6 Å². The first kappa shape index (κ1) is 15.3. The molecule has 1 aliphatic heterocycles. The summed E-state index contributed by atoms with van der Waals surface area (Å²) < 4.78 is 24.0. The van der Waals surface area contributed by atoms with Crippen molar-refractivity contribution in [2.24, 2.45) is 16.8 Å². The lowest BCUT2D eigenvalue weighted by Crippen LogP contribution is -2.37. The van der Waals surface area contributed by atoms with Crippen LogP contribution in [0.4, 0.5) is 5.69 Å². The summed E-state index contributed by atoms with van der Waals surface area (Å²) in [5.41, 5.74) is 6.48. The maximum absolute atomic E-state index is 12.0. The fourth-order valence-electron chi connectivity index (χ4n) is 3.18. The number of rotatable bonds is 3. The van der Waals surface area contributed by atoms with E-state index < -0.39 is 10.0 Å². The van der Waals surface area contributed by atoms with Gasteiger partial charge in [-0.3, -0.25) is 0 Å². The van der Waals surface area contributed by atoms with Crippen molar-refractivity contribution in [1.29, 1.82) is 0 Å². The number of hydrogen-bond donors (Lipinski definition) is 2. The van der Waals surface area contributed by atoms with Crippen LogP contribution in [0.15, 0.2) is 41.3 Å². The van der Waals surface area contributed by atoms with Gasteiger partial charge in [-0.15, -0.1) is 0 Å². The van der Waals surface area contributed by atoms with Crippen molar-refractivity contribution >= 4 is 26.5 Å². The highest BCUT2D eigenvalue weighted by atomic mass is 32.2. The van der Waals surface area contributed by atoms with Crippen LogP contribution in [0.3, 0.4) is 0 Å². The molecule has 0 aliphatic carbocycles. The molecule has 6 heteroatoms. The van der Waals surface area contributed by atoms with Crippen LogP contribution >= 0.6 is 0 Å². The summed E-state index contributed by atoms with van der Waals surface area (Å²) in [6, 6.07) is 11.2. The van der Waals surface area contributed by atoms with Crippen molar-refractivity contribution in [3.05, 3.63) is 36.4 Å². The Morgan fingerprint density at radius 1 is 1.09 bits per heavy atom. The third-order valence-corrected chi connectivity index (χ3v) is 5.38. The monoisotopic (exact) mass is 319 g/mol. The van der Waals surface area contributed by atoms with Crippen molar-refractivity contribution in [2.45, 2.75) is 17.7 Å². The Kier molecular flexibility index (Phi) is 4.08. The molecule has 0 aromatic heterocycles. The summed E-state index contributed by atoms with van der Waals surface area (Å²) >= 11 is 0. The quantitative estimate of drug-likeness (QED) is 0.900. The molecule has 1 aliphatic rings. The van der Waals surface area contributed by atoms with Crippen LogP contribution in [-0.4, -0.2) is 28.1 Å². The first-order valence-corrected chi connectivity index (χ1v) is 9.05. The lowest BCUT2D eigenvalue weighted by Gasteiger charge is -2.34. The van der Waals surface area contributed by atoms with Gasteiger partial charge in [-0.25, -0.2) is 13.6 Å². The van der Waals surface area contributed by atoms with Gasteiger partial charge in [-0.2, -0.15) is 0 Å². The number of hydrogen-bond acceptors (Lipinski definition) is 4. The molecule has 1 saturated heterocycles. The summed E-state index contributed by atoms with van der Waals surface area (Å²) in [7, 11) is -3.76. The predicted octanol–water partition coefficient (Wildman–Crippen LogP) is 1.66. The molecule has 2 aromatic carbocycles. The van der Waals surface area contributed by atoms with Crippen LogP contribution < -0.4 is 15.8 Å². The van der Waals surface area contributed by atoms with E-state index in [4.69, 9.17) is 10.9 Å². The van der Waals surface area contributed by atoms with E-state index in [2.05, 4.69) is 4.90 Å². The van der Waals surface area contributed by atoms with Crippen molar-refractivity contribution in [3.8, 4) is 0 Å². The van der Waals surface area contributed by atoms with Crippen molar-refractivity contribution in [3.63, 3.8) is 0 Å². The molecular formula is C16H21N3O2S. The molecule has 22 heavy (non-hydrogen) atoms. The molecule has 0 saturated carbocycles. The van der Waals surface area contributed by atoms with Crippen LogP contribution in [0, 0.1) is 5.92 Å². The summed E-state index contributed by atoms with van der Waals surface area (Å²) in [6.45, 7) is 2.29. The standard InChI is InChI=1S/C16H21N3O2S/c17-11-12-7-9-19(10-8-12)16-14-4-2-1-3-13(14)5-6-15(16)22(18,20)21/h1-6,12H,7-11,17H2,(H2,18,20,21). The zero-order valence-corrected chi connectivity index (χ0v) is 13.2. The maximum Gasteiger partial charge on any atom is 0.240 e. The number of benzene rings is 2. The third kappa shape index (κ3) is 2.82. The van der Waals surface area contributed by atoms with Crippen LogP contribution in [0.1, 0.15) is 12.8 Å². The molecule has 1 fully saturated rings. The third-order valence-electron chi connectivity index (χ3n) is 4.43. The van der Waals surface area contributed by atoms with Crippen molar-refractivity contribution < 1.29 is 8.42 Å². The smallest absolute Gasteiger partial charge is 0.240 e. The Morgan fingerprint density at radius 2 is 1.77 bits per heavy atom. The zero-order chi connectivity index (χ0) is 15.7. The second-order valence-electron chi connectivity index (χ2n) is 5.84. The minimum atomic E-state index is -3.76. The lowest BCUT2D eigenvalue weighted by molar-refractivity contribution is 0.414. The van der Waals surface area contributed by atoms with Gasteiger partial charge in [0.15, 0.2) is 0 Å². The Hall–Kier alpha value is -1.63. The van der Waals surface area contributed by atoms with E-state index in [0.717, 1.165) is 42.4 Å². The molecule has 2 aromatic rings. The van der Waals surface area contributed by atoms with Crippen LogP contribution in [0.25, 0.3) is 10.8 Å². The highest BCUT2D eigenvalue weighted by molar-refractivity contribution is 7.89. The Morgan fingerprint density at radius 3 is 2.41 bits per heavy atom. The molecule has 5 nitrogen and oxygen atoms in total. The van der Waals surface area contributed by atoms with E-state index in [1.807, 2.05) is 30.3 Å². The van der Waals surface area contributed by atoms with E-state index in [9.17, 15) is 8.42 Å². The van der Waals surface area contributed by atoms with E-state index in [1.54, 1.807) is 6.07 Å². The predicted molar refractivity (Wildman–Crippen MR) is 89.3 cm³/mol. The summed E-state index contributed by atoms with van der Waals surface area (Å²) in [5.74, 6) is 0.518. The maximum atomic E-state index is 12.0. The van der Waals surface area contributed by atoms with Gasteiger partial charge in [0, 0.05) is 18.5 Å². The fourth-order valence-corrected chi connectivity index (χ4v) is 3.95. The fraction of sp³-hybridized carbons (Fsp3) is 0.375. The molecule has 0 bridgehead atoms. The van der Waals surface area contributed by atoms with Crippen LogP contribution in [0.2, 0.25) is 0 Å². The molecule has 1 heterocycles. The average Bonchev–Trinajstić information content (AvgIpc) is 2.53. The van der Waals surface area contributed by atoms with Crippen molar-refractivity contribution in [1.82, 2.24) is 0 Å². The molecule has 0 radical (unpaired) electrons. The second kappa shape index (κ2) is 5.87. The number of fused-ring (bicyclic) bond motifs is 1. The Balaban J connectivity index is 2.13. The molecule has 0 unspecified atom stereocenters. The minimum absolute atomic E-state index is 0.206. The van der Waals surface area contributed by atoms with Crippen LogP contribution in [0.5, 0.6) is 0 Å². The second-order valence-corrected chi connectivity index (χ2v) is 7.37. The molecule has 0 amide bonds. The van der Waals surface area contributed by atoms with Gasteiger partial charge in [0.1, 0.15) is 4.90 Å².